The van der Waals surface area contributed by atoms with Gasteiger partial charge >= 0.3 is 5.97 Å². The Hall–Kier alpha value is -2.74. The molecule has 1 atom stereocenters. The van der Waals surface area contributed by atoms with Gasteiger partial charge in [0, 0.05) is 31.6 Å². The number of carbonyl (C=O) groups excluding carboxylic acids is 1. The fourth-order valence-electron chi connectivity index (χ4n) is 2.08. The van der Waals surface area contributed by atoms with Gasteiger partial charge < -0.3 is 15.2 Å². The number of pyridine rings is 1. The lowest BCUT2D eigenvalue weighted by atomic mass is 10.1. The van der Waals surface area contributed by atoms with Gasteiger partial charge in [0.1, 0.15) is 11.7 Å². The Morgan fingerprint density at radius 1 is 1.36 bits per heavy atom. The fourth-order valence-corrected chi connectivity index (χ4v) is 2.08. The number of carboxylic acid groups (broad SMARTS) is 1. The topological polar surface area (TPSA) is 106 Å². The molecule has 2 heterocycles. The maximum Gasteiger partial charge on any atom is 0.326 e. The third kappa shape index (κ3) is 5.68. The van der Waals surface area contributed by atoms with E-state index in [0.717, 1.165) is 0 Å². The number of carbonyl (C=O) groups is 2. The summed E-state index contributed by atoms with van der Waals surface area (Å²) in [5.41, 5.74) is 0.413. The smallest absolute Gasteiger partial charge is 0.326 e. The second-order valence-electron chi connectivity index (χ2n) is 6.46. The van der Waals surface area contributed by atoms with Crippen LogP contribution in [0.3, 0.4) is 0 Å². The maximum atomic E-state index is 12.3. The molecule has 2 N–H and O–H groups in total. The van der Waals surface area contributed by atoms with Crippen LogP contribution < -0.4 is 5.32 Å². The van der Waals surface area contributed by atoms with Crippen molar-refractivity contribution in [1.82, 2.24) is 20.1 Å². The van der Waals surface area contributed by atoms with Crippen molar-refractivity contribution in [2.45, 2.75) is 38.8 Å². The van der Waals surface area contributed by atoms with Crippen LogP contribution in [0, 0.1) is 0 Å². The highest BCUT2D eigenvalue weighted by Gasteiger charge is 2.22. The van der Waals surface area contributed by atoms with Crippen molar-refractivity contribution >= 4 is 11.9 Å². The first kappa shape index (κ1) is 18.6. The maximum absolute atomic E-state index is 12.3. The summed E-state index contributed by atoms with van der Waals surface area (Å²) in [6.45, 7) is 5.87. The minimum atomic E-state index is -1.12. The van der Waals surface area contributed by atoms with Crippen LogP contribution in [-0.2, 0) is 9.53 Å². The van der Waals surface area contributed by atoms with Gasteiger partial charge in [-0.25, -0.2) is 9.48 Å². The van der Waals surface area contributed by atoms with Crippen molar-refractivity contribution in [3.05, 3.63) is 42.5 Å². The summed E-state index contributed by atoms with van der Waals surface area (Å²) in [5.74, 6) is -1.67. The lowest BCUT2D eigenvalue weighted by Crippen LogP contribution is -2.42. The molecule has 134 valence electrons. The van der Waals surface area contributed by atoms with Gasteiger partial charge in [-0.05, 0) is 39.0 Å². The van der Waals surface area contributed by atoms with E-state index in [-0.39, 0.29) is 24.3 Å². The van der Waals surface area contributed by atoms with Crippen molar-refractivity contribution in [2.24, 2.45) is 0 Å². The highest BCUT2D eigenvalue weighted by atomic mass is 16.5. The zero-order chi connectivity index (χ0) is 18.4. The molecule has 0 spiro atoms. The number of rotatable bonds is 7. The standard InChI is InChI=1S/C17H22N4O4/c1-17(2,3)25-10-6-13(16(23)24)20-15(22)14-11-12(5-8-18-14)21-9-4-7-19-21/h4-5,7-9,11,13H,6,10H2,1-3H3,(H,20,22)(H,23,24). The van der Waals surface area contributed by atoms with Crippen LogP contribution in [0.2, 0.25) is 0 Å². The average molecular weight is 346 g/mol. The Balaban J connectivity index is 2.03. The molecule has 25 heavy (non-hydrogen) atoms. The summed E-state index contributed by atoms with van der Waals surface area (Å²) in [7, 11) is 0. The number of amides is 1. The van der Waals surface area contributed by atoms with Gasteiger partial charge in [-0.3, -0.25) is 9.78 Å². The fraction of sp³-hybridized carbons (Fsp3) is 0.412. The molecule has 1 unspecified atom stereocenters. The molecule has 2 rings (SSSR count). The molecule has 0 saturated heterocycles. The second kappa shape index (κ2) is 7.89. The van der Waals surface area contributed by atoms with E-state index in [1.165, 1.54) is 6.20 Å². The SMILES string of the molecule is CC(C)(C)OCCC(NC(=O)c1cc(-n2cccn2)ccn1)C(=O)O. The Morgan fingerprint density at radius 2 is 2.12 bits per heavy atom. The van der Waals surface area contributed by atoms with Gasteiger partial charge in [0.2, 0.25) is 0 Å². The molecule has 2 aromatic heterocycles. The Kier molecular flexibility index (Phi) is 5.87. The van der Waals surface area contributed by atoms with Crippen LogP contribution in [0.15, 0.2) is 36.8 Å². The zero-order valence-corrected chi connectivity index (χ0v) is 14.5. The Bertz CT molecular complexity index is 722. The molecule has 0 radical (unpaired) electrons. The van der Waals surface area contributed by atoms with Crippen LogP contribution in [0.4, 0.5) is 0 Å². The van der Waals surface area contributed by atoms with E-state index in [4.69, 9.17) is 4.74 Å². The molecular formula is C17H22N4O4. The number of carboxylic acids is 1. The molecule has 2 aromatic rings. The van der Waals surface area contributed by atoms with Gasteiger partial charge in [0.25, 0.3) is 5.91 Å². The first-order valence-electron chi connectivity index (χ1n) is 7.90. The first-order chi connectivity index (χ1) is 11.8. The zero-order valence-electron chi connectivity index (χ0n) is 14.5. The predicted octanol–water partition coefficient (Wildman–Crippen LogP) is 1.66. The van der Waals surface area contributed by atoms with E-state index in [1.807, 2.05) is 20.8 Å². The summed E-state index contributed by atoms with van der Waals surface area (Å²) in [5, 5.41) is 15.9. The van der Waals surface area contributed by atoms with Crippen LogP contribution in [0.1, 0.15) is 37.7 Å². The first-order valence-corrected chi connectivity index (χ1v) is 7.90. The third-order valence-electron chi connectivity index (χ3n) is 3.29. The Morgan fingerprint density at radius 3 is 2.72 bits per heavy atom. The van der Waals surface area contributed by atoms with E-state index in [2.05, 4.69) is 15.4 Å². The van der Waals surface area contributed by atoms with Crippen molar-refractivity contribution in [3.63, 3.8) is 0 Å². The van der Waals surface area contributed by atoms with Crippen molar-refractivity contribution in [1.29, 1.82) is 0 Å². The summed E-state index contributed by atoms with van der Waals surface area (Å²) < 4.78 is 7.11. The number of ether oxygens (including phenoxy) is 1. The molecule has 0 aromatic carbocycles. The number of nitrogens with zero attached hydrogens (tertiary/aromatic N) is 3. The van der Waals surface area contributed by atoms with Gasteiger partial charge in [-0.1, -0.05) is 0 Å². The number of hydrogen-bond donors (Lipinski definition) is 2. The number of hydrogen-bond acceptors (Lipinski definition) is 5. The van der Waals surface area contributed by atoms with Crippen LogP contribution in [0.5, 0.6) is 0 Å². The van der Waals surface area contributed by atoms with E-state index >= 15 is 0 Å². The second-order valence-corrected chi connectivity index (χ2v) is 6.46. The number of aromatic nitrogens is 3. The third-order valence-corrected chi connectivity index (χ3v) is 3.29. The molecule has 0 fully saturated rings. The van der Waals surface area contributed by atoms with Crippen LogP contribution in [-0.4, -0.2) is 50.0 Å². The molecule has 0 aliphatic carbocycles. The van der Waals surface area contributed by atoms with Gasteiger partial charge in [0.05, 0.1) is 11.3 Å². The largest absolute Gasteiger partial charge is 0.480 e. The van der Waals surface area contributed by atoms with E-state index in [9.17, 15) is 14.7 Å². The molecular weight excluding hydrogens is 324 g/mol. The summed E-state index contributed by atoms with van der Waals surface area (Å²) >= 11 is 0. The monoisotopic (exact) mass is 346 g/mol. The molecule has 1 amide bonds. The molecule has 0 aliphatic heterocycles. The minimum Gasteiger partial charge on any atom is -0.480 e. The lowest BCUT2D eigenvalue weighted by molar-refractivity contribution is -0.140. The highest BCUT2D eigenvalue weighted by molar-refractivity contribution is 5.95. The summed E-state index contributed by atoms with van der Waals surface area (Å²) in [4.78, 5) is 27.7. The van der Waals surface area contributed by atoms with Crippen molar-refractivity contribution in [3.8, 4) is 5.69 Å². The molecule has 8 nitrogen and oxygen atoms in total. The summed E-state index contributed by atoms with van der Waals surface area (Å²) in [6, 6.07) is 3.96. The average Bonchev–Trinajstić information content (AvgIpc) is 3.07. The van der Waals surface area contributed by atoms with Crippen LogP contribution in [0.25, 0.3) is 5.69 Å². The van der Waals surface area contributed by atoms with Gasteiger partial charge in [0.15, 0.2) is 0 Å². The molecule has 0 bridgehead atoms. The minimum absolute atomic E-state index is 0.121. The number of nitrogens with one attached hydrogen (secondary N) is 1. The Labute approximate surface area is 145 Å². The van der Waals surface area contributed by atoms with Crippen LogP contribution >= 0.6 is 0 Å². The molecule has 8 heteroatoms. The quantitative estimate of drug-likeness (QED) is 0.790. The molecule has 0 aliphatic rings. The highest BCUT2D eigenvalue weighted by Crippen LogP contribution is 2.10. The summed E-state index contributed by atoms with van der Waals surface area (Å²) in [6.07, 6.45) is 5.00. The van der Waals surface area contributed by atoms with Crippen molar-refractivity contribution in [2.75, 3.05) is 6.61 Å². The normalized spacial score (nSPS) is 12.6. The lowest BCUT2D eigenvalue weighted by Gasteiger charge is -2.21. The van der Waals surface area contributed by atoms with E-state index in [1.54, 1.807) is 35.3 Å². The van der Waals surface area contributed by atoms with Crippen molar-refractivity contribution < 1.29 is 19.4 Å². The van der Waals surface area contributed by atoms with Gasteiger partial charge in [-0.15, -0.1) is 0 Å². The van der Waals surface area contributed by atoms with Gasteiger partial charge in [-0.2, -0.15) is 5.10 Å². The number of aliphatic carboxylic acids is 1. The van der Waals surface area contributed by atoms with E-state index < -0.39 is 17.9 Å². The van der Waals surface area contributed by atoms with E-state index in [0.29, 0.717) is 5.69 Å². The predicted molar refractivity (Wildman–Crippen MR) is 90.6 cm³/mol. The molecule has 0 saturated carbocycles.